The van der Waals surface area contributed by atoms with Gasteiger partial charge < -0.3 is 42.3 Å². The zero-order valence-corrected chi connectivity index (χ0v) is 25.7. The van der Waals surface area contributed by atoms with E-state index in [9.17, 15) is 35.0 Å². The van der Waals surface area contributed by atoms with Crippen molar-refractivity contribution in [2.24, 2.45) is 22.6 Å². The fraction of sp³-hybridized carbons (Fsp3) is 0.455. The second kappa shape index (κ2) is 10.8. The van der Waals surface area contributed by atoms with Crippen LogP contribution in [0.3, 0.4) is 0 Å². The Hall–Kier alpha value is -4.48. The molecule has 13 heteroatoms. The number of nitriles is 1. The number of carbonyl (C=O) groups excluding carboxylic acids is 3. The SMILES string of the molecule is CN(C)[C@@H]1C(=O)C(C(N)=O)=C(O)[C@@]2(C#N)C(=O)C3=C(O)c4c(O)ccc(-c5ccc(CNC6CCCCC6)o5)c4C[C@@]3(N)C[C@@]12N. The van der Waals surface area contributed by atoms with Crippen LogP contribution in [-0.2, 0) is 27.3 Å². The lowest BCUT2D eigenvalue weighted by atomic mass is 9.47. The molecule has 46 heavy (non-hydrogen) atoms. The number of aliphatic hydroxyl groups is 2. The molecule has 4 aliphatic carbocycles. The molecule has 1 heterocycles. The lowest BCUT2D eigenvalue weighted by Gasteiger charge is -2.58. The molecule has 0 unspecified atom stereocenters. The number of likely N-dealkylation sites (N-methyl/N-ethyl adjacent to an activating group) is 1. The highest BCUT2D eigenvalue weighted by Crippen LogP contribution is 2.58. The first-order valence-corrected chi connectivity index (χ1v) is 15.3. The van der Waals surface area contributed by atoms with Gasteiger partial charge in [0.05, 0.1) is 40.9 Å². The Labute approximate surface area is 265 Å². The molecule has 0 radical (unpaired) electrons. The molecule has 6 rings (SSSR count). The maximum atomic E-state index is 14.5. The van der Waals surface area contributed by atoms with Crippen LogP contribution >= 0.6 is 0 Å². The van der Waals surface area contributed by atoms with Gasteiger partial charge in [-0.2, -0.15) is 5.26 Å². The molecule has 10 N–H and O–H groups in total. The number of phenols is 1. The molecule has 242 valence electrons. The average molecular weight is 631 g/mol. The van der Waals surface area contributed by atoms with E-state index in [0.717, 1.165) is 12.8 Å². The molecule has 1 amide bonds. The summed E-state index contributed by atoms with van der Waals surface area (Å²) in [5.74, 6) is -4.61. The number of Topliss-reactive ketones (excluding diaryl/α,β-unsaturated/α-hetero) is 2. The van der Waals surface area contributed by atoms with Gasteiger partial charge in [-0.05, 0) is 69.6 Å². The largest absolute Gasteiger partial charge is 0.509 e. The number of hydrogen-bond donors (Lipinski definition) is 7. The highest BCUT2D eigenvalue weighted by Gasteiger charge is 2.74. The predicted octanol–water partition coefficient (Wildman–Crippen LogP) is 1.59. The van der Waals surface area contributed by atoms with Crippen LogP contribution < -0.4 is 22.5 Å². The van der Waals surface area contributed by atoms with Crippen molar-refractivity contribution in [1.29, 1.82) is 5.26 Å². The van der Waals surface area contributed by atoms with Crippen molar-refractivity contribution in [3.8, 4) is 23.1 Å². The molecule has 0 spiro atoms. The number of carbonyl (C=O) groups is 3. The van der Waals surface area contributed by atoms with Crippen LogP contribution in [0.1, 0.15) is 55.4 Å². The minimum atomic E-state index is -2.71. The summed E-state index contributed by atoms with van der Waals surface area (Å²) in [5.41, 5.74) is 12.1. The molecule has 2 saturated carbocycles. The molecular weight excluding hydrogens is 592 g/mol. The fourth-order valence-corrected chi connectivity index (χ4v) is 8.23. The zero-order chi connectivity index (χ0) is 33.3. The maximum absolute atomic E-state index is 14.5. The van der Waals surface area contributed by atoms with Gasteiger partial charge >= 0.3 is 0 Å². The minimum absolute atomic E-state index is 0.0903. The number of nitrogens with zero attached hydrogens (tertiary/aromatic N) is 2. The number of aliphatic hydroxyl groups excluding tert-OH is 2. The van der Waals surface area contributed by atoms with Crippen molar-refractivity contribution in [1.82, 2.24) is 10.2 Å². The second-order valence-electron chi connectivity index (χ2n) is 13.3. The van der Waals surface area contributed by atoms with Crippen LogP contribution in [-0.4, -0.2) is 75.0 Å². The molecule has 0 saturated heterocycles. The number of nitrogens with one attached hydrogen (secondary N) is 1. The summed E-state index contributed by atoms with van der Waals surface area (Å²) >= 11 is 0. The lowest BCUT2D eigenvalue weighted by molar-refractivity contribution is -0.139. The smallest absolute Gasteiger partial charge is 0.255 e. The molecule has 1 aromatic carbocycles. The van der Waals surface area contributed by atoms with E-state index in [4.69, 9.17) is 21.6 Å². The van der Waals surface area contributed by atoms with E-state index in [1.165, 1.54) is 44.3 Å². The van der Waals surface area contributed by atoms with Crippen LogP contribution in [0.4, 0.5) is 0 Å². The number of hydrogen-bond acceptors (Lipinski definition) is 12. The molecule has 1 aromatic heterocycles. The third kappa shape index (κ3) is 4.25. The number of benzene rings is 1. The van der Waals surface area contributed by atoms with Gasteiger partial charge in [0.15, 0.2) is 17.0 Å². The number of rotatable bonds is 6. The summed E-state index contributed by atoms with van der Waals surface area (Å²) < 4.78 is 6.19. The van der Waals surface area contributed by atoms with Gasteiger partial charge in [0.25, 0.3) is 5.91 Å². The summed E-state index contributed by atoms with van der Waals surface area (Å²) in [6.07, 6.45) is 5.23. The summed E-state index contributed by atoms with van der Waals surface area (Å²) in [4.78, 5) is 41.8. The topological polar surface area (TPSA) is 242 Å². The van der Waals surface area contributed by atoms with E-state index in [-0.39, 0.29) is 17.7 Å². The molecular formula is C33H38N6O7. The molecule has 4 atom stereocenters. The van der Waals surface area contributed by atoms with Gasteiger partial charge in [-0.25, -0.2) is 0 Å². The Morgan fingerprint density at radius 2 is 1.80 bits per heavy atom. The Balaban J connectivity index is 1.49. The van der Waals surface area contributed by atoms with E-state index in [2.05, 4.69) is 5.32 Å². The van der Waals surface area contributed by atoms with E-state index in [1.54, 1.807) is 18.2 Å². The van der Waals surface area contributed by atoms with Gasteiger partial charge in [0.1, 0.15) is 34.4 Å². The Kier molecular flexibility index (Phi) is 7.40. The molecule has 13 nitrogen and oxygen atoms in total. The minimum Gasteiger partial charge on any atom is -0.509 e. The first kappa shape index (κ1) is 31.5. The number of furan rings is 1. The van der Waals surface area contributed by atoms with E-state index >= 15 is 0 Å². The van der Waals surface area contributed by atoms with Crippen molar-refractivity contribution < 1.29 is 34.1 Å². The summed E-state index contributed by atoms with van der Waals surface area (Å²) in [7, 11) is 2.95. The molecule has 0 aliphatic heterocycles. The molecule has 2 fully saturated rings. The van der Waals surface area contributed by atoms with Crippen LogP contribution in [0.2, 0.25) is 0 Å². The zero-order valence-electron chi connectivity index (χ0n) is 25.7. The molecule has 2 aromatic rings. The van der Waals surface area contributed by atoms with Gasteiger partial charge in [0.2, 0.25) is 0 Å². The summed E-state index contributed by atoms with van der Waals surface area (Å²) in [6, 6.07) is 7.30. The van der Waals surface area contributed by atoms with Crippen molar-refractivity contribution in [3.63, 3.8) is 0 Å². The highest BCUT2D eigenvalue weighted by atomic mass is 16.3. The van der Waals surface area contributed by atoms with Crippen LogP contribution in [0.25, 0.3) is 17.1 Å². The van der Waals surface area contributed by atoms with Gasteiger partial charge in [-0.15, -0.1) is 0 Å². The second-order valence-corrected chi connectivity index (χ2v) is 13.3. The van der Waals surface area contributed by atoms with Crippen LogP contribution in [0.5, 0.6) is 5.75 Å². The van der Waals surface area contributed by atoms with Crippen molar-refractivity contribution in [2.75, 3.05) is 14.1 Å². The van der Waals surface area contributed by atoms with Gasteiger partial charge in [-0.3, -0.25) is 19.3 Å². The Morgan fingerprint density at radius 1 is 1.11 bits per heavy atom. The van der Waals surface area contributed by atoms with E-state index in [1.807, 2.05) is 6.07 Å². The monoisotopic (exact) mass is 630 g/mol. The quantitative estimate of drug-likeness (QED) is 0.225. The van der Waals surface area contributed by atoms with E-state index < -0.39 is 69.1 Å². The highest BCUT2D eigenvalue weighted by molar-refractivity contribution is 6.25. The molecule has 0 bridgehead atoms. The number of primary amides is 1. The standard InChI is InChI=1S/C33H38N6O7/c1-39(2)27-26(42)23(30(35)45)28(43)32(15-34)29(44)24-25(41)22-19(12-31(24,36)14-33(27,32)37)18(9-10-20(22)40)21-11-8-17(46-21)13-38-16-6-4-3-5-7-16/h8-11,16,27,38,40-41,43H,3-7,12-14,36-37H2,1-2H3,(H2,35,45)/t27-,31-,32+,33-/m1/s1. The maximum Gasteiger partial charge on any atom is 0.255 e. The number of nitrogens with two attached hydrogens (primary N) is 3. The Morgan fingerprint density at radius 3 is 2.43 bits per heavy atom. The number of aromatic hydroxyl groups is 1. The van der Waals surface area contributed by atoms with E-state index in [0.29, 0.717) is 35.2 Å². The van der Waals surface area contributed by atoms with Gasteiger partial charge in [-0.1, -0.05) is 19.3 Å². The summed E-state index contributed by atoms with van der Waals surface area (Å²) in [5, 5.41) is 48.1. The average Bonchev–Trinajstić information content (AvgIpc) is 3.44. The third-order valence-electron chi connectivity index (χ3n) is 10.2. The Bertz CT molecular complexity index is 1780. The van der Waals surface area contributed by atoms with Crippen molar-refractivity contribution in [3.05, 3.63) is 58.1 Å². The fourth-order valence-electron chi connectivity index (χ4n) is 8.23. The predicted molar refractivity (Wildman–Crippen MR) is 166 cm³/mol. The van der Waals surface area contributed by atoms with Crippen LogP contribution in [0.15, 0.2) is 45.6 Å². The number of fused-ring (bicyclic) bond motifs is 3. The van der Waals surface area contributed by atoms with Gasteiger partial charge in [0, 0.05) is 11.6 Å². The first-order chi connectivity index (χ1) is 21.7. The molecule has 4 aliphatic rings. The van der Waals surface area contributed by atoms with Crippen molar-refractivity contribution >= 4 is 23.2 Å². The lowest BCUT2D eigenvalue weighted by Crippen LogP contribution is -2.80. The number of ketones is 2. The summed E-state index contributed by atoms with van der Waals surface area (Å²) in [6.45, 7) is 0.520. The normalized spacial score (nSPS) is 29.8. The van der Waals surface area contributed by atoms with Crippen molar-refractivity contribution in [2.45, 2.75) is 74.7 Å². The first-order valence-electron chi connectivity index (χ1n) is 15.3. The van der Waals surface area contributed by atoms with Crippen LogP contribution in [0, 0.1) is 16.7 Å². The number of phenolic OH excluding ortho intramolecular Hbond substituents is 1. The third-order valence-corrected chi connectivity index (χ3v) is 10.2. The number of amides is 1.